The minimum Gasteiger partial charge on any atom is -0.481 e. The first-order valence-corrected chi connectivity index (χ1v) is 8.32. The molecule has 0 spiro atoms. The molecule has 0 saturated carbocycles. The third-order valence-corrected chi connectivity index (χ3v) is 5.14. The average Bonchev–Trinajstić information content (AvgIpc) is 3.11. The Morgan fingerprint density at radius 2 is 1.96 bits per heavy atom. The maximum absolute atomic E-state index is 12.7. The summed E-state index contributed by atoms with van der Waals surface area (Å²) in [6.07, 6.45) is 0.698. The van der Waals surface area contributed by atoms with Crippen molar-refractivity contribution < 1.29 is 19.5 Å². The number of carboxylic acids is 1. The number of nitrogens with zero attached hydrogens (tertiary/aromatic N) is 2. The van der Waals surface area contributed by atoms with E-state index in [9.17, 15) is 19.5 Å². The Kier molecular flexibility index (Phi) is 4.55. The number of carboxylic acid groups (broad SMARTS) is 1. The molecule has 0 radical (unpaired) electrons. The minimum atomic E-state index is -0.856. The van der Waals surface area contributed by atoms with E-state index in [1.54, 1.807) is 16.7 Å². The lowest BCUT2D eigenvalue weighted by atomic mass is 10.0. The molecule has 128 valence electrons. The molecule has 6 heteroatoms. The van der Waals surface area contributed by atoms with Gasteiger partial charge in [0.1, 0.15) is 0 Å². The molecule has 2 aliphatic heterocycles. The van der Waals surface area contributed by atoms with Crippen molar-refractivity contribution in [3.63, 3.8) is 0 Å². The molecule has 3 rings (SSSR count). The van der Waals surface area contributed by atoms with Gasteiger partial charge in [0, 0.05) is 32.1 Å². The molecule has 3 atom stereocenters. The summed E-state index contributed by atoms with van der Waals surface area (Å²) < 4.78 is 0. The lowest BCUT2D eigenvalue weighted by Crippen LogP contribution is -2.41. The van der Waals surface area contributed by atoms with Crippen molar-refractivity contribution in [3.8, 4) is 0 Å². The first-order valence-electron chi connectivity index (χ1n) is 8.32. The van der Waals surface area contributed by atoms with Crippen molar-refractivity contribution in [3.05, 3.63) is 35.9 Å². The van der Waals surface area contributed by atoms with Gasteiger partial charge in [-0.3, -0.25) is 14.4 Å². The molecule has 0 bridgehead atoms. The van der Waals surface area contributed by atoms with Crippen LogP contribution in [0.5, 0.6) is 0 Å². The highest BCUT2D eigenvalue weighted by Gasteiger charge is 2.43. The highest BCUT2D eigenvalue weighted by molar-refractivity contribution is 5.90. The fraction of sp³-hybridized carbons (Fsp3) is 0.500. The Labute approximate surface area is 141 Å². The highest BCUT2D eigenvalue weighted by Crippen LogP contribution is 2.29. The number of benzene rings is 1. The van der Waals surface area contributed by atoms with Gasteiger partial charge in [-0.1, -0.05) is 30.3 Å². The quantitative estimate of drug-likeness (QED) is 0.904. The van der Waals surface area contributed by atoms with Crippen LogP contribution in [0.25, 0.3) is 0 Å². The van der Waals surface area contributed by atoms with Crippen LogP contribution in [0.2, 0.25) is 0 Å². The molecule has 3 unspecified atom stereocenters. The second kappa shape index (κ2) is 6.63. The number of rotatable bonds is 4. The van der Waals surface area contributed by atoms with Gasteiger partial charge in [-0.2, -0.15) is 0 Å². The molecule has 1 aromatic carbocycles. The van der Waals surface area contributed by atoms with E-state index in [-0.39, 0.29) is 30.2 Å². The molecule has 2 fully saturated rings. The molecule has 2 aliphatic rings. The summed E-state index contributed by atoms with van der Waals surface area (Å²) in [5, 5.41) is 9.20. The van der Waals surface area contributed by atoms with Gasteiger partial charge >= 0.3 is 5.97 Å². The molecule has 0 aromatic heterocycles. The molecular weight excluding hydrogens is 308 g/mol. The molecule has 2 amide bonds. The van der Waals surface area contributed by atoms with E-state index in [0.29, 0.717) is 26.1 Å². The molecule has 2 saturated heterocycles. The van der Waals surface area contributed by atoms with Gasteiger partial charge in [0.15, 0.2) is 0 Å². The number of carbonyl (C=O) groups is 3. The van der Waals surface area contributed by atoms with Crippen LogP contribution >= 0.6 is 0 Å². The van der Waals surface area contributed by atoms with Crippen LogP contribution in [0.4, 0.5) is 0 Å². The van der Waals surface area contributed by atoms with Crippen LogP contribution in [-0.2, 0) is 20.9 Å². The molecule has 1 N–H and O–H groups in total. The van der Waals surface area contributed by atoms with Crippen molar-refractivity contribution in [2.24, 2.45) is 11.8 Å². The van der Waals surface area contributed by atoms with Crippen LogP contribution in [0.15, 0.2) is 30.3 Å². The van der Waals surface area contributed by atoms with E-state index in [2.05, 4.69) is 0 Å². The Balaban J connectivity index is 1.63. The largest absolute Gasteiger partial charge is 0.481 e. The maximum atomic E-state index is 12.7. The van der Waals surface area contributed by atoms with Crippen molar-refractivity contribution >= 4 is 17.8 Å². The van der Waals surface area contributed by atoms with E-state index in [1.165, 1.54) is 0 Å². The van der Waals surface area contributed by atoms with Gasteiger partial charge in [-0.25, -0.2) is 0 Å². The van der Waals surface area contributed by atoms with Gasteiger partial charge in [0.2, 0.25) is 11.8 Å². The van der Waals surface area contributed by atoms with Crippen molar-refractivity contribution in [2.75, 3.05) is 13.1 Å². The third-order valence-electron chi connectivity index (χ3n) is 5.14. The van der Waals surface area contributed by atoms with Gasteiger partial charge < -0.3 is 14.9 Å². The zero-order valence-electron chi connectivity index (χ0n) is 13.7. The van der Waals surface area contributed by atoms with Crippen LogP contribution < -0.4 is 0 Å². The number of hydrogen-bond acceptors (Lipinski definition) is 3. The molecule has 2 heterocycles. The topological polar surface area (TPSA) is 77.9 Å². The summed E-state index contributed by atoms with van der Waals surface area (Å²) in [5.74, 6) is -1.83. The smallest absolute Gasteiger partial charge is 0.308 e. The zero-order chi connectivity index (χ0) is 17.3. The van der Waals surface area contributed by atoms with Gasteiger partial charge in [-0.15, -0.1) is 0 Å². The van der Waals surface area contributed by atoms with E-state index >= 15 is 0 Å². The normalized spacial score (nSPS) is 26.9. The van der Waals surface area contributed by atoms with Crippen molar-refractivity contribution in [2.45, 2.75) is 32.4 Å². The Morgan fingerprint density at radius 3 is 2.58 bits per heavy atom. The molecule has 0 aliphatic carbocycles. The summed E-state index contributed by atoms with van der Waals surface area (Å²) >= 11 is 0. The SMILES string of the molecule is CC1C(C(=O)O)CCN1C(=O)C1CC(=O)N(Cc2ccccc2)C1. The zero-order valence-corrected chi connectivity index (χ0v) is 13.7. The third kappa shape index (κ3) is 3.13. The Bertz CT molecular complexity index is 646. The highest BCUT2D eigenvalue weighted by atomic mass is 16.4. The minimum absolute atomic E-state index is 0.0150. The summed E-state index contributed by atoms with van der Waals surface area (Å²) in [6, 6.07) is 9.39. The fourth-order valence-electron chi connectivity index (χ4n) is 3.71. The summed E-state index contributed by atoms with van der Waals surface area (Å²) in [7, 11) is 0. The first kappa shape index (κ1) is 16.5. The lowest BCUT2D eigenvalue weighted by Gasteiger charge is -2.26. The van der Waals surface area contributed by atoms with Gasteiger partial charge in [0.25, 0.3) is 0 Å². The monoisotopic (exact) mass is 330 g/mol. The molecule has 1 aromatic rings. The van der Waals surface area contributed by atoms with Gasteiger partial charge in [-0.05, 0) is 18.9 Å². The van der Waals surface area contributed by atoms with Crippen LogP contribution in [0.1, 0.15) is 25.3 Å². The molecule has 24 heavy (non-hydrogen) atoms. The maximum Gasteiger partial charge on any atom is 0.308 e. The summed E-state index contributed by atoms with van der Waals surface area (Å²) in [4.78, 5) is 39.5. The van der Waals surface area contributed by atoms with Gasteiger partial charge in [0.05, 0.1) is 11.8 Å². The van der Waals surface area contributed by atoms with Crippen molar-refractivity contribution in [1.29, 1.82) is 0 Å². The predicted molar refractivity (Wildman–Crippen MR) is 86.9 cm³/mol. The van der Waals surface area contributed by atoms with Crippen LogP contribution in [-0.4, -0.2) is 51.8 Å². The van der Waals surface area contributed by atoms with E-state index in [4.69, 9.17) is 0 Å². The predicted octanol–water partition coefficient (Wildman–Crippen LogP) is 1.36. The molecule has 6 nitrogen and oxygen atoms in total. The summed E-state index contributed by atoms with van der Waals surface area (Å²) in [5.41, 5.74) is 1.04. The van der Waals surface area contributed by atoms with Crippen molar-refractivity contribution in [1.82, 2.24) is 9.80 Å². The second-order valence-electron chi connectivity index (χ2n) is 6.67. The first-order chi connectivity index (χ1) is 11.5. The lowest BCUT2D eigenvalue weighted by molar-refractivity contribution is -0.143. The van der Waals surface area contributed by atoms with E-state index in [1.807, 2.05) is 30.3 Å². The second-order valence-corrected chi connectivity index (χ2v) is 6.67. The fourth-order valence-corrected chi connectivity index (χ4v) is 3.71. The van der Waals surface area contributed by atoms with E-state index in [0.717, 1.165) is 5.56 Å². The average molecular weight is 330 g/mol. The summed E-state index contributed by atoms with van der Waals surface area (Å²) in [6.45, 7) is 3.16. The van der Waals surface area contributed by atoms with Crippen LogP contribution in [0, 0.1) is 11.8 Å². The Hall–Kier alpha value is -2.37. The number of amides is 2. The standard InChI is InChI=1S/C18H22N2O4/c1-12-15(18(23)24)7-8-20(12)17(22)14-9-16(21)19(11-14)10-13-5-3-2-4-6-13/h2-6,12,14-15H,7-11H2,1H3,(H,23,24). The Morgan fingerprint density at radius 1 is 1.25 bits per heavy atom. The number of hydrogen-bond donors (Lipinski definition) is 1. The number of aliphatic carboxylic acids is 1. The number of likely N-dealkylation sites (tertiary alicyclic amines) is 2. The number of carbonyl (C=O) groups excluding carboxylic acids is 2. The molecular formula is C18H22N2O4. The van der Waals surface area contributed by atoms with Crippen LogP contribution in [0.3, 0.4) is 0 Å². The van der Waals surface area contributed by atoms with E-state index < -0.39 is 11.9 Å².